The third kappa shape index (κ3) is 6.17. The first kappa shape index (κ1) is 29.7. The number of hydrogen-bond donors (Lipinski definition) is 2. The molecule has 0 saturated carbocycles. The largest absolute Gasteiger partial charge is 0.488 e. The average molecular weight is 599 g/mol. The van der Waals surface area contributed by atoms with Gasteiger partial charge in [-0.3, -0.25) is 4.90 Å². The molecule has 44 heavy (non-hydrogen) atoms. The molecule has 0 atom stereocenters. The molecule has 2 aromatic carbocycles. The third-order valence-electron chi connectivity index (χ3n) is 7.77. The number of carbonyl (C=O) groups is 1. The lowest BCUT2D eigenvalue weighted by molar-refractivity contribution is 0.0229. The Bertz CT molecular complexity index is 1620. The molecular formula is C34H42N6O4. The number of amides is 1. The maximum absolute atomic E-state index is 12.8. The summed E-state index contributed by atoms with van der Waals surface area (Å²) >= 11 is 0. The number of ether oxygens (including phenoxy) is 3. The van der Waals surface area contributed by atoms with Gasteiger partial charge in [0.1, 0.15) is 42.0 Å². The summed E-state index contributed by atoms with van der Waals surface area (Å²) in [5.41, 5.74) is 7.62. The molecule has 232 valence electrons. The summed E-state index contributed by atoms with van der Waals surface area (Å²) in [7, 11) is 2.11. The van der Waals surface area contributed by atoms with Crippen LogP contribution in [0.15, 0.2) is 36.7 Å². The van der Waals surface area contributed by atoms with Crippen molar-refractivity contribution < 1.29 is 19.0 Å². The van der Waals surface area contributed by atoms with Crippen molar-refractivity contribution in [1.82, 2.24) is 29.7 Å². The summed E-state index contributed by atoms with van der Waals surface area (Å²) < 4.78 is 18.3. The van der Waals surface area contributed by atoms with E-state index in [1.165, 1.54) is 0 Å². The van der Waals surface area contributed by atoms with E-state index in [0.717, 1.165) is 88.0 Å². The second-order valence-electron chi connectivity index (χ2n) is 12.7. The van der Waals surface area contributed by atoms with Gasteiger partial charge >= 0.3 is 6.09 Å². The molecule has 2 aliphatic heterocycles. The van der Waals surface area contributed by atoms with Crippen LogP contribution in [-0.2, 0) is 31.0 Å². The van der Waals surface area contributed by atoms with E-state index in [2.05, 4.69) is 63.1 Å². The van der Waals surface area contributed by atoms with Crippen LogP contribution in [0.25, 0.3) is 33.6 Å². The zero-order valence-electron chi connectivity index (χ0n) is 26.5. The lowest BCUT2D eigenvalue weighted by Gasteiger charge is -2.30. The predicted molar refractivity (Wildman–Crippen MR) is 169 cm³/mol. The number of nitrogens with zero attached hydrogens (tertiary/aromatic N) is 4. The predicted octanol–water partition coefficient (Wildman–Crippen LogP) is 6.91. The minimum Gasteiger partial charge on any atom is -0.488 e. The van der Waals surface area contributed by atoms with Gasteiger partial charge in [-0.1, -0.05) is 13.8 Å². The second-order valence-corrected chi connectivity index (χ2v) is 12.7. The number of imidazole rings is 2. The summed E-state index contributed by atoms with van der Waals surface area (Å²) in [5.74, 6) is 3.35. The molecule has 4 heterocycles. The molecule has 0 bridgehead atoms. The van der Waals surface area contributed by atoms with E-state index < -0.39 is 5.60 Å². The van der Waals surface area contributed by atoms with Crippen molar-refractivity contribution in [3.05, 3.63) is 59.4 Å². The van der Waals surface area contributed by atoms with Gasteiger partial charge in [-0.05, 0) is 71.5 Å². The van der Waals surface area contributed by atoms with E-state index in [4.69, 9.17) is 14.2 Å². The summed E-state index contributed by atoms with van der Waals surface area (Å²) in [6.45, 7) is 13.5. The Labute approximate surface area is 258 Å². The first-order valence-corrected chi connectivity index (χ1v) is 15.5. The van der Waals surface area contributed by atoms with E-state index in [1.54, 1.807) is 11.1 Å². The van der Waals surface area contributed by atoms with Gasteiger partial charge < -0.3 is 29.1 Å². The Hall–Kier alpha value is -4.31. The van der Waals surface area contributed by atoms with Crippen molar-refractivity contribution in [2.75, 3.05) is 20.1 Å². The van der Waals surface area contributed by atoms with Crippen molar-refractivity contribution in [3.8, 4) is 45.1 Å². The van der Waals surface area contributed by atoms with E-state index in [-0.39, 0.29) is 6.09 Å². The summed E-state index contributed by atoms with van der Waals surface area (Å²) in [6.07, 6.45) is 5.29. The van der Waals surface area contributed by atoms with Gasteiger partial charge in [-0.25, -0.2) is 14.8 Å². The van der Waals surface area contributed by atoms with Crippen LogP contribution in [0.4, 0.5) is 4.79 Å². The fraction of sp³-hybridized carbons (Fsp3) is 0.441. The highest BCUT2D eigenvalue weighted by atomic mass is 16.6. The molecule has 2 aliphatic rings. The lowest BCUT2D eigenvalue weighted by Crippen LogP contribution is -2.37. The topological polar surface area (TPSA) is 109 Å². The first-order chi connectivity index (χ1) is 21.1. The van der Waals surface area contributed by atoms with Crippen molar-refractivity contribution >= 4 is 6.09 Å². The van der Waals surface area contributed by atoms with Crippen LogP contribution in [-0.4, -0.2) is 61.6 Å². The molecule has 0 unspecified atom stereocenters. The average Bonchev–Trinajstić information content (AvgIpc) is 3.64. The fourth-order valence-corrected chi connectivity index (χ4v) is 5.90. The van der Waals surface area contributed by atoms with Crippen LogP contribution in [0, 0.1) is 0 Å². The molecule has 0 radical (unpaired) electrons. The molecular weight excluding hydrogens is 556 g/mol. The van der Waals surface area contributed by atoms with E-state index in [1.807, 2.05) is 33.9 Å². The van der Waals surface area contributed by atoms with E-state index >= 15 is 0 Å². The number of carbonyl (C=O) groups excluding carboxylic acids is 1. The fourth-order valence-electron chi connectivity index (χ4n) is 5.90. The normalized spacial score (nSPS) is 13.3. The Kier molecular flexibility index (Phi) is 8.11. The van der Waals surface area contributed by atoms with Crippen molar-refractivity contribution in [1.29, 1.82) is 0 Å². The molecule has 6 rings (SSSR count). The van der Waals surface area contributed by atoms with Crippen molar-refractivity contribution in [3.63, 3.8) is 0 Å². The summed E-state index contributed by atoms with van der Waals surface area (Å²) in [6, 6.07) is 8.48. The second kappa shape index (κ2) is 12.0. The van der Waals surface area contributed by atoms with Gasteiger partial charge in [-0.2, -0.15) is 0 Å². The number of aromatic nitrogens is 4. The van der Waals surface area contributed by atoms with Gasteiger partial charge in [0, 0.05) is 39.9 Å². The Morgan fingerprint density at radius 1 is 0.841 bits per heavy atom. The minimum atomic E-state index is -0.558. The van der Waals surface area contributed by atoms with Crippen LogP contribution >= 0.6 is 0 Å². The van der Waals surface area contributed by atoms with Crippen molar-refractivity contribution in [2.45, 2.75) is 79.4 Å². The molecule has 1 amide bonds. The number of nitrogens with one attached hydrogen (secondary N) is 2. The van der Waals surface area contributed by atoms with Gasteiger partial charge in [0.25, 0.3) is 0 Å². The molecule has 0 fully saturated rings. The van der Waals surface area contributed by atoms with Crippen LogP contribution in [0.2, 0.25) is 0 Å². The highest BCUT2D eigenvalue weighted by Crippen LogP contribution is 2.50. The van der Waals surface area contributed by atoms with Gasteiger partial charge in [0.15, 0.2) is 0 Å². The number of aromatic amines is 2. The van der Waals surface area contributed by atoms with Crippen molar-refractivity contribution in [2.24, 2.45) is 0 Å². The molecule has 2 N–H and O–H groups in total. The maximum atomic E-state index is 12.8. The standard InChI is InChI=1S/C34H42N6O4/c1-7-9-39(6)17-29-35-15-25(37-29)21-11-23-19-43-28-14-22(12-24-20-42-27(13-21)31(23)32(24)28)26-16-36-30(38-26)18-40(10-8-2)33(41)44-34(3,4)5/h11-16H,7-10,17-20H2,1-6H3,(H,35,37)(H,36,38). The zero-order chi connectivity index (χ0) is 31.0. The van der Waals surface area contributed by atoms with E-state index in [9.17, 15) is 4.79 Å². The molecule has 0 spiro atoms. The Morgan fingerprint density at radius 3 is 1.86 bits per heavy atom. The Balaban J connectivity index is 1.24. The molecule has 10 heteroatoms. The molecule has 0 aliphatic carbocycles. The third-order valence-corrected chi connectivity index (χ3v) is 7.77. The van der Waals surface area contributed by atoms with Crippen LogP contribution in [0.3, 0.4) is 0 Å². The minimum absolute atomic E-state index is 0.340. The van der Waals surface area contributed by atoms with Crippen LogP contribution < -0.4 is 9.47 Å². The zero-order valence-corrected chi connectivity index (χ0v) is 26.5. The lowest BCUT2D eigenvalue weighted by atomic mass is 9.87. The molecule has 2 aromatic heterocycles. The number of rotatable bonds is 10. The number of hydrogen-bond acceptors (Lipinski definition) is 7. The molecule has 0 saturated heterocycles. The first-order valence-electron chi connectivity index (χ1n) is 15.5. The SMILES string of the molecule is CCCN(C)Cc1ncc(-c2cc3c4c(c2)OCc2cc(-c5cnc(CN(CCC)C(=O)OC(C)(C)C)[nH]5)cc(c2-4)OC3)[nH]1. The highest BCUT2D eigenvalue weighted by molar-refractivity contribution is 5.88. The quantitative estimate of drug-likeness (QED) is 0.204. The number of benzene rings is 2. The molecule has 4 aromatic rings. The Morgan fingerprint density at radius 2 is 1.36 bits per heavy atom. The van der Waals surface area contributed by atoms with Crippen LogP contribution in [0.5, 0.6) is 11.5 Å². The summed E-state index contributed by atoms with van der Waals surface area (Å²) in [5, 5.41) is 0. The summed E-state index contributed by atoms with van der Waals surface area (Å²) in [4.78, 5) is 32.8. The van der Waals surface area contributed by atoms with E-state index in [0.29, 0.717) is 32.1 Å². The van der Waals surface area contributed by atoms with Gasteiger partial charge in [-0.15, -0.1) is 0 Å². The molecule has 10 nitrogen and oxygen atoms in total. The van der Waals surface area contributed by atoms with Crippen LogP contribution in [0.1, 0.15) is 70.2 Å². The monoisotopic (exact) mass is 598 g/mol. The smallest absolute Gasteiger partial charge is 0.410 e. The maximum Gasteiger partial charge on any atom is 0.410 e. The highest BCUT2D eigenvalue weighted by Gasteiger charge is 2.30. The van der Waals surface area contributed by atoms with Gasteiger partial charge in [0.05, 0.1) is 36.9 Å². The van der Waals surface area contributed by atoms with Gasteiger partial charge in [0.2, 0.25) is 0 Å². The number of H-pyrrole nitrogens is 2.